The Morgan fingerprint density at radius 1 is 1.23 bits per heavy atom. The second-order valence-electron chi connectivity index (χ2n) is 6.38. The largest absolute Gasteiger partial charge is 0.461 e. The van der Waals surface area contributed by atoms with Crippen molar-refractivity contribution in [3.05, 3.63) is 75.9 Å². The number of hydrazone groups is 1. The number of esters is 1. The summed E-state index contributed by atoms with van der Waals surface area (Å²) in [5.41, 5.74) is 1.56. The van der Waals surface area contributed by atoms with E-state index >= 15 is 0 Å². The molecule has 1 aliphatic heterocycles. The van der Waals surface area contributed by atoms with Crippen LogP contribution in [-0.2, 0) is 9.53 Å². The third-order valence-corrected chi connectivity index (χ3v) is 5.75. The van der Waals surface area contributed by atoms with Crippen molar-refractivity contribution in [2.75, 3.05) is 11.6 Å². The quantitative estimate of drug-likeness (QED) is 0.258. The highest BCUT2D eigenvalue weighted by Crippen LogP contribution is 2.38. The maximum Gasteiger partial charge on any atom is 0.365 e. The number of anilines is 1. The van der Waals surface area contributed by atoms with Gasteiger partial charge in [0, 0.05) is 27.7 Å². The van der Waals surface area contributed by atoms with Gasteiger partial charge in [-0.1, -0.05) is 29.8 Å². The minimum Gasteiger partial charge on any atom is -0.461 e. The molecule has 0 radical (unpaired) electrons. The highest BCUT2D eigenvalue weighted by Gasteiger charge is 2.34. The van der Waals surface area contributed by atoms with Crippen LogP contribution in [0.25, 0.3) is 10.9 Å². The molecule has 31 heavy (non-hydrogen) atoms. The smallest absolute Gasteiger partial charge is 0.365 e. The summed E-state index contributed by atoms with van der Waals surface area (Å²) in [4.78, 5) is 28.7. The zero-order chi connectivity index (χ0) is 22.0. The minimum atomic E-state index is -0.627. The number of Topliss-reactive ketones (excluding diaryl/α,β-unsaturated/α-hetero) is 1. The fraction of sp³-hybridized carbons (Fsp3) is 0.0909. The number of thioether (sulfide) groups is 1. The van der Waals surface area contributed by atoms with Crippen molar-refractivity contribution in [3.8, 4) is 6.07 Å². The topological polar surface area (TPSA) is 98.5 Å². The van der Waals surface area contributed by atoms with Gasteiger partial charge in [0.25, 0.3) is 0 Å². The number of rotatable bonds is 5. The van der Waals surface area contributed by atoms with E-state index < -0.39 is 11.8 Å². The van der Waals surface area contributed by atoms with Crippen molar-refractivity contribution in [1.29, 1.82) is 5.26 Å². The van der Waals surface area contributed by atoms with Crippen LogP contribution in [0.1, 0.15) is 17.3 Å². The Balaban J connectivity index is 1.82. The van der Waals surface area contributed by atoms with Crippen LogP contribution in [0.2, 0.25) is 5.02 Å². The number of nitrogens with one attached hydrogen (secondary N) is 1. The molecule has 0 unspecified atom stereocenters. The second kappa shape index (κ2) is 8.68. The number of allylic oxidation sites excluding steroid dienone is 1. The molecule has 9 heteroatoms. The van der Waals surface area contributed by atoms with Crippen molar-refractivity contribution in [3.63, 3.8) is 0 Å². The van der Waals surface area contributed by atoms with Gasteiger partial charge in [0.1, 0.15) is 16.7 Å². The Hall–Kier alpha value is -3.54. The van der Waals surface area contributed by atoms with E-state index in [0.717, 1.165) is 17.3 Å². The first-order chi connectivity index (χ1) is 15.0. The van der Waals surface area contributed by atoms with Crippen molar-refractivity contribution in [1.82, 2.24) is 4.98 Å². The molecule has 0 saturated heterocycles. The summed E-state index contributed by atoms with van der Waals surface area (Å²) < 4.78 is 5.05. The number of para-hydroxylation sites is 1. The van der Waals surface area contributed by atoms with E-state index in [4.69, 9.17) is 16.3 Å². The molecular formula is C22H15ClN4O3S. The Morgan fingerprint density at radius 3 is 2.68 bits per heavy atom. The zero-order valence-corrected chi connectivity index (χ0v) is 17.8. The molecule has 1 N–H and O–H groups in total. The third-order valence-electron chi connectivity index (χ3n) is 4.48. The minimum absolute atomic E-state index is 0.0336. The van der Waals surface area contributed by atoms with E-state index in [0.29, 0.717) is 21.7 Å². The lowest BCUT2D eigenvalue weighted by atomic mass is 10.0. The van der Waals surface area contributed by atoms with E-state index in [9.17, 15) is 14.9 Å². The van der Waals surface area contributed by atoms with Crippen LogP contribution in [-0.4, -0.2) is 28.4 Å². The number of halogens is 1. The molecular weight excluding hydrogens is 436 g/mol. The Labute approximate surface area is 186 Å². The van der Waals surface area contributed by atoms with Crippen molar-refractivity contribution < 1.29 is 14.3 Å². The number of hydrogen-bond acceptors (Lipinski definition) is 7. The number of nitriles is 1. The number of carbonyl (C=O) groups is 2. The van der Waals surface area contributed by atoms with Gasteiger partial charge in [0.05, 0.1) is 12.3 Å². The number of nitrogens with zero attached hydrogens (tertiary/aromatic N) is 3. The molecule has 4 rings (SSSR count). The van der Waals surface area contributed by atoms with Crippen LogP contribution in [0.15, 0.2) is 70.4 Å². The number of carbonyl (C=O) groups excluding carboxylic acids is 2. The number of ether oxygens (including phenoxy) is 1. The van der Waals surface area contributed by atoms with Gasteiger partial charge in [0.15, 0.2) is 0 Å². The molecule has 1 aromatic heterocycles. The van der Waals surface area contributed by atoms with Crippen LogP contribution in [0, 0.1) is 11.3 Å². The summed E-state index contributed by atoms with van der Waals surface area (Å²) in [6.07, 6.45) is 1.57. The molecule has 0 fully saturated rings. The Morgan fingerprint density at radius 2 is 1.97 bits per heavy atom. The van der Waals surface area contributed by atoms with Crippen LogP contribution < -0.4 is 5.01 Å². The van der Waals surface area contributed by atoms with E-state index in [2.05, 4.69) is 10.1 Å². The average molecular weight is 451 g/mol. The summed E-state index contributed by atoms with van der Waals surface area (Å²) in [5, 5.41) is 17.1. The van der Waals surface area contributed by atoms with Gasteiger partial charge in [0.2, 0.25) is 10.8 Å². The van der Waals surface area contributed by atoms with Gasteiger partial charge >= 0.3 is 5.97 Å². The number of benzene rings is 2. The fourth-order valence-corrected chi connectivity index (χ4v) is 4.12. The van der Waals surface area contributed by atoms with E-state index in [1.165, 1.54) is 5.01 Å². The molecule has 7 nitrogen and oxygen atoms in total. The predicted octanol–water partition coefficient (Wildman–Crippen LogP) is 4.87. The average Bonchev–Trinajstić information content (AvgIpc) is 3.40. The summed E-state index contributed by atoms with van der Waals surface area (Å²) in [6, 6.07) is 16.0. The van der Waals surface area contributed by atoms with E-state index in [-0.39, 0.29) is 22.3 Å². The van der Waals surface area contributed by atoms with Gasteiger partial charge in [-0.3, -0.25) is 4.79 Å². The van der Waals surface area contributed by atoms with Crippen molar-refractivity contribution in [2.45, 2.75) is 6.92 Å². The fourth-order valence-electron chi connectivity index (χ4n) is 3.07. The summed E-state index contributed by atoms with van der Waals surface area (Å²) in [5.74, 6) is -1.10. The standard InChI is InChI=1S/C22H15ClN4O3S/c1-2-30-22(29)20-26-27(14-9-7-13(23)8-10-14)21(31-20)16(11-24)19(28)17-12-25-18-6-4-3-5-15(17)18/h3-10,12,25H,2H2,1H3/b21-16-. The molecule has 0 atom stereocenters. The van der Waals surface area contributed by atoms with Crippen LogP contribution in [0.3, 0.4) is 0 Å². The highest BCUT2D eigenvalue weighted by molar-refractivity contribution is 8.19. The Kier molecular flexibility index (Phi) is 5.80. The molecule has 0 saturated carbocycles. The first-order valence-electron chi connectivity index (χ1n) is 9.28. The lowest BCUT2D eigenvalue weighted by molar-refractivity contribution is -0.134. The van der Waals surface area contributed by atoms with E-state index in [1.807, 2.05) is 24.3 Å². The molecule has 3 aromatic rings. The maximum absolute atomic E-state index is 13.3. The predicted molar refractivity (Wildman–Crippen MR) is 121 cm³/mol. The maximum atomic E-state index is 13.3. The molecule has 0 aliphatic carbocycles. The number of ketones is 1. The van der Waals surface area contributed by atoms with Crippen molar-refractivity contribution in [2.24, 2.45) is 5.10 Å². The van der Waals surface area contributed by atoms with Gasteiger partial charge in [-0.05, 0) is 49.0 Å². The van der Waals surface area contributed by atoms with Gasteiger partial charge in [-0.15, -0.1) is 0 Å². The molecule has 1 aliphatic rings. The number of aromatic amines is 1. The molecule has 0 spiro atoms. The lowest BCUT2D eigenvalue weighted by Crippen LogP contribution is -2.15. The van der Waals surface area contributed by atoms with Gasteiger partial charge < -0.3 is 9.72 Å². The highest BCUT2D eigenvalue weighted by atomic mass is 35.5. The molecule has 0 amide bonds. The molecule has 0 bridgehead atoms. The SMILES string of the molecule is CCOC(=O)C1=NN(c2ccc(Cl)cc2)/C(=C(\C#N)C(=O)c2c[nH]c3ccccc23)S1. The number of fused-ring (bicyclic) bond motifs is 1. The summed E-state index contributed by atoms with van der Waals surface area (Å²) in [6.45, 7) is 1.87. The van der Waals surface area contributed by atoms with Crippen LogP contribution in [0.4, 0.5) is 5.69 Å². The third kappa shape index (κ3) is 3.93. The van der Waals surface area contributed by atoms with E-state index in [1.54, 1.807) is 43.5 Å². The van der Waals surface area contributed by atoms with Crippen molar-refractivity contribution >= 4 is 56.7 Å². The van der Waals surface area contributed by atoms with Gasteiger partial charge in [-0.25, -0.2) is 9.80 Å². The van der Waals surface area contributed by atoms with Gasteiger partial charge in [-0.2, -0.15) is 10.4 Å². The second-order valence-corrected chi connectivity index (χ2v) is 7.80. The van der Waals surface area contributed by atoms with Crippen LogP contribution in [0.5, 0.6) is 0 Å². The zero-order valence-electron chi connectivity index (χ0n) is 16.3. The normalized spacial score (nSPS) is 14.9. The Bertz CT molecular complexity index is 1290. The first kappa shape index (κ1) is 20.7. The molecule has 2 aromatic carbocycles. The summed E-state index contributed by atoms with van der Waals surface area (Å²) >= 11 is 6.91. The first-order valence-corrected chi connectivity index (χ1v) is 10.5. The molecule has 154 valence electrons. The number of H-pyrrole nitrogens is 1. The lowest BCUT2D eigenvalue weighted by Gasteiger charge is -2.16. The van der Waals surface area contributed by atoms with Crippen LogP contribution >= 0.6 is 23.4 Å². The number of hydrogen-bond donors (Lipinski definition) is 1. The summed E-state index contributed by atoms with van der Waals surface area (Å²) in [7, 11) is 0. The number of aromatic nitrogens is 1. The molecule has 2 heterocycles. The monoisotopic (exact) mass is 450 g/mol.